The van der Waals surface area contributed by atoms with Crippen molar-refractivity contribution in [2.45, 2.75) is 26.0 Å². The highest BCUT2D eigenvalue weighted by Gasteiger charge is 2.15. The predicted octanol–water partition coefficient (Wildman–Crippen LogP) is 0.963. The van der Waals surface area contributed by atoms with Crippen LogP contribution in [-0.2, 0) is 22.2 Å². The number of hydrogen-bond acceptors (Lipinski definition) is 3. The third-order valence-electron chi connectivity index (χ3n) is 2.20. The zero-order valence-corrected chi connectivity index (χ0v) is 10.5. The molecule has 0 aliphatic carbocycles. The molecular formula is C11H17NO3S. The molecule has 0 aliphatic rings. The maximum atomic E-state index is 10.9. The second-order valence-electron chi connectivity index (χ2n) is 4.35. The van der Waals surface area contributed by atoms with Crippen molar-refractivity contribution in [3.63, 3.8) is 0 Å². The highest BCUT2D eigenvalue weighted by molar-refractivity contribution is 7.88. The Morgan fingerprint density at radius 2 is 1.75 bits per heavy atom. The third kappa shape index (κ3) is 4.30. The summed E-state index contributed by atoms with van der Waals surface area (Å²) < 4.78 is 24.2. The molecule has 0 saturated heterocycles. The van der Waals surface area contributed by atoms with E-state index in [2.05, 4.69) is 4.72 Å². The summed E-state index contributed by atoms with van der Waals surface area (Å²) >= 11 is 0. The molecule has 5 heteroatoms. The highest BCUT2D eigenvalue weighted by Crippen LogP contribution is 2.19. The minimum atomic E-state index is -3.16. The lowest BCUT2D eigenvalue weighted by Gasteiger charge is -2.17. The molecule has 0 radical (unpaired) electrons. The van der Waals surface area contributed by atoms with Gasteiger partial charge in [0.15, 0.2) is 0 Å². The van der Waals surface area contributed by atoms with Gasteiger partial charge in [-0.2, -0.15) is 0 Å². The van der Waals surface area contributed by atoms with Crippen LogP contribution in [0.4, 0.5) is 0 Å². The fourth-order valence-electron chi connectivity index (χ4n) is 1.24. The summed E-state index contributed by atoms with van der Waals surface area (Å²) in [4.78, 5) is 0. The molecule has 90 valence electrons. The summed E-state index contributed by atoms with van der Waals surface area (Å²) in [6, 6.07) is 7.18. The lowest BCUT2D eigenvalue weighted by atomic mass is 9.97. The molecule has 0 amide bonds. The van der Waals surface area contributed by atoms with Gasteiger partial charge in [-0.05, 0) is 25.0 Å². The monoisotopic (exact) mass is 243 g/mol. The first-order chi connectivity index (χ1) is 7.18. The van der Waals surface area contributed by atoms with E-state index in [4.69, 9.17) is 0 Å². The van der Waals surface area contributed by atoms with Crippen LogP contribution in [0.3, 0.4) is 0 Å². The number of hydrogen-bond donors (Lipinski definition) is 2. The number of aliphatic hydroxyl groups is 1. The van der Waals surface area contributed by atoms with E-state index in [0.29, 0.717) is 0 Å². The molecule has 0 spiro atoms. The Bertz CT molecular complexity index is 443. The first-order valence-electron chi connectivity index (χ1n) is 4.95. The van der Waals surface area contributed by atoms with Crippen molar-refractivity contribution in [2.75, 3.05) is 6.26 Å². The number of sulfonamides is 1. The SMILES string of the molecule is CC(C)(O)c1ccc(CNS(C)(=O)=O)cc1. The van der Waals surface area contributed by atoms with E-state index < -0.39 is 15.6 Å². The molecule has 0 fully saturated rings. The second-order valence-corrected chi connectivity index (χ2v) is 6.18. The van der Waals surface area contributed by atoms with Crippen LogP contribution in [0, 0.1) is 0 Å². The molecule has 1 rings (SSSR count). The van der Waals surface area contributed by atoms with Crippen molar-refractivity contribution in [3.8, 4) is 0 Å². The highest BCUT2D eigenvalue weighted by atomic mass is 32.2. The summed E-state index contributed by atoms with van der Waals surface area (Å²) in [5, 5.41) is 9.73. The average Bonchev–Trinajstić information content (AvgIpc) is 2.13. The topological polar surface area (TPSA) is 66.4 Å². The first kappa shape index (κ1) is 13.2. The van der Waals surface area contributed by atoms with Gasteiger partial charge in [0.25, 0.3) is 0 Å². The van der Waals surface area contributed by atoms with E-state index in [1.807, 2.05) is 0 Å². The van der Waals surface area contributed by atoms with E-state index in [-0.39, 0.29) is 6.54 Å². The van der Waals surface area contributed by atoms with Gasteiger partial charge in [-0.25, -0.2) is 13.1 Å². The quantitative estimate of drug-likeness (QED) is 0.828. The minimum absolute atomic E-state index is 0.269. The van der Waals surface area contributed by atoms with Crippen molar-refractivity contribution in [3.05, 3.63) is 35.4 Å². The standard InChI is InChI=1S/C11H17NO3S/c1-11(2,13)10-6-4-9(5-7-10)8-12-16(3,14)15/h4-7,12-13H,8H2,1-3H3. The molecule has 0 atom stereocenters. The maximum absolute atomic E-state index is 10.9. The third-order valence-corrected chi connectivity index (χ3v) is 2.87. The van der Waals surface area contributed by atoms with Gasteiger partial charge in [-0.15, -0.1) is 0 Å². The normalized spacial score (nSPS) is 12.8. The van der Waals surface area contributed by atoms with Crippen molar-refractivity contribution in [2.24, 2.45) is 0 Å². The van der Waals surface area contributed by atoms with E-state index in [1.165, 1.54) is 0 Å². The number of rotatable bonds is 4. The van der Waals surface area contributed by atoms with E-state index in [9.17, 15) is 13.5 Å². The largest absolute Gasteiger partial charge is 0.386 e. The van der Waals surface area contributed by atoms with Gasteiger partial charge >= 0.3 is 0 Å². The van der Waals surface area contributed by atoms with E-state index >= 15 is 0 Å². The Labute approximate surface area is 96.4 Å². The zero-order chi connectivity index (χ0) is 12.4. The maximum Gasteiger partial charge on any atom is 0.209 e. The Kier molecular flexibility index (Phi) is 3.72. The lowest BCUT2D eigenvalue weighted by Crippen LogP contribution is -2.21. The van der Waals surface area contributed by atoms with Gasteiger partial charge in [0.1, 0.15) is 0 Å². The van der Waals surface area contributed by atoms with Crippen molar-refractivity contribution in [1.82, 2.24) is 4.72 Å². The van der Waals surface area contributed by atoms with Gasteiger partial charge in [0, 0.05) is 6.54 Å². The Balaban J connectivity index is 2.73. The number of benzene rings is 1. The van der Waals surface area contributed by atoms with Crippen LogP contribution >= 0.6 is 0 Å². The van der Waals surface area contributed by atoms with Gasteiger partial charge in [-0.1, -0.05) is 24.3 Å². The molecule has 4 nitrogen and oxygen atoms in total. The second kappa shape index (κ2) is 4.53. The number of nitrogens with one attached hydrogen (secondary N) is 1. The van der Waals surface area contributed by atoms with Gasteiger partial charge in [-0.3, -0.25) is 0 Å². The first-order valence-corrected chi connectivity index (χ1v) is 6.84. The van der Waals surface area contributed by atoms with Crippen LogP contribution in [0.15, 0.2) is 24.3 Å². The average molecular weight is 243 g/mol. The fraction of sp³-hybridized carbons (Fsp3) is 0.455. The van der Waals surface area contributed by atoms with Crippen molar-refractivity contribution >= 4 is 10.0 Å². The Morgan fingerprint density at radius 1 is 1.25 bits per heavy atom. The summed E-state index contributed by atoms with van der Waals surface area (Å²) in [6.07, 6.45) is 1.12. The zero-order valence-electron chi connectivity index (χ0n) is 9.69. The smallest absolute Gasteiger partial charge is 0.209 e. The van der Waals surface area contributed by atoms with Gasteiger partial charge < -0.3 is 5.11 Å². The summed E-state index contributed by atoms with van der Waals surface area (Å²) in [6.45, 7) is 3.68. The van der Waals surface area contributed by atoms with Gasteiger partial charge in [0.2, 0.25) is 10.0 Å². The molecular weight excluding hydrogens is 226 g/mol. The Hall–Kier alpha value is -0.910. The molecule has 0 bridgehead atoms. The molecule has 2 N–H and O–H groups in total. The summed E-state index contributed by atoms with van der Waals surface area (Å²) in [5.74, 6) is 0. The van der Waals surface area contributed by atoms with Crippen LogP contribution in [0.2, 0.25) is 0 Å². The molecule has 0 saturated carbocycles. The lowest BCUT2D eigenvalue weighted by molar-refractivity contribution is 0.0786. The predicted molar refractivity (Wildman–Crippen MR) is 63.4 cm³/mol. The van der Waals surface area contributed by atoms with Gasteiger partial charge in [0.05, 0.1) is 11.9 Å². The molecule has 16 heavy (non-hydrogen) atoms. The van der Waals surface area contributed by atoms with E-state index in [0.717, 1.165) is 17.4 Å². The molecule has 0 aliphatic heterocycles. The Morgan fingerprint density at radius 3 is 2.12 bits per heavy atom. The van der Waals surface area contributed by atoms with E-state index in [1.54, 1.807) is 38.1 Å². The van der Waals surface area contributed by atoms with Crippen molar-refractivity contribution in [1.29, 1.82) is 0 Å². The fourth-order valence-corrected chi connectivity index (χ4v) is 1.67. The van der Waals surface area contributed by atoms with Crippen LogP contribution in [0.5, 0.6) is 0 Å². The summed E-state index contributed by atoms with van der Waals surface area (Å²) in [5.41, 5.74) is 0.789. The molecule has 0 unspecified atom stereocenters. The van der Waals surface area contributed by atoms with Crippen LogP contribution in [0.25, 0.3) is 0 Å². The molecule has 1 aromatic carbocycles. The van der Waals surface area contributed by atoms with Crippen molar-refractivity contribution < 1.29 is 13.5 Å². The molecule has 0 heterocycles. The van der Waals surface area contributed by atoms with Crippen LogP contribution in [-0.4, -0.2) is 19.8 Å². The minimum Gasteiger partial charge on any atom is -0.386 e. The van der Waals surface area contributed by atoms with Crippen LogP contribution in [0.1, 0.15) is 25.0 Å². The summed E-state index contributed by atoms with van der Waals surface area (Å²) in [7, 11) is -3.16. The van der Waals surface area contributed by atoms with Crippen LogP contribution < -0.4 is 4.72 Å². The molecule has 0 aromatic heterocycles. The molecule has 1 aromatic rings.